The van der Waals surface area contributed by atoms with Crippen molar-refractivity contribution in [2.75, 3.05) is 6.54 Å². The molecule has 8 fully saturated rings. The van der Waals surface area contributed by atoms with Crippen LogP contribution in [0.5, 0.6) is 0 Å². The standard InChI is InChI=1S/C46H69NO12/c1-26-19-35-40-37(24-44(57-40)30(5)18-27(2)25-47-44)55-43(22-26,54-35)23-29(4)39-28(3)13-15-45(51,58-39)41(50)36-21-34-33(52-36)20-31(6)46(56-34)17-16-42(59-46)14-9-11-32(53-42)10-7-8-12-38(48)49/h7,9-10,14,26-28,30-37,39-41,47,50-51H,4,8,11-13,15-25H2,1-3,5-6H3,(H,48,49). The molecule has 9 heterocycles. The van der Waals surface area contributed by atoms with Gasteiger partial charge in [0.15, 0.2) is 23.1 Å². The maximum atomic E-state index is 12.1. The Kier molecular flexibility index (Phi) is 11.4. The lowest BCUT2D eigenvalue weighted by Crippen LogP contribution is -2.60. The fourth-order valence-corrected chi connectivity index (χ4v) is 12.4. The molecule has 4 N–H and O–H groups in total. The molecule has 0 aromatic rings. The van der Waals surface area contributed by atoms with E-state index < -0.39 is 53.2 Å². The average Bonchev–Trinajstić information content (AvgIpc) is 3.86. The van der Waals surface area contributed by atoms with Crippen LogP contribution < -0.4 is 5.32 Å². The molecule has 0 aromatic carbocycles. The Morgan fingerprint density at radius 1 is 0.898 bits per heavy atom. The molecule has 19 unspecified atom stereocenters. The van der Waals surface area contributed by atoms with E-state index in [1.807, 2.05) is 18.2 Å². The molecular formula is C46H69NO12. The zero-order chi connectivity index (χ0) is 41.5. The number of carbonyl (C=O) groups is 1. The second kappa shape index (κ2) is 15.8. The molecule has 8 saturated heterocycles. The van der Waals surface area contributed by atoms with Gasteiger partial charge in [-0.25, -0.2) is 0 Å². The molecule has 330 valence electrons. The van der Waals surface area contributed by atoms with E-state index in [9.17, 15) is 15.0 Å². The quantitative estimate of drug-likeness (QED) is 0.200. The van der Waals surface area contributed by atoms with Crippen LogP contribution in [0.2, 0.25) is 0 Å². The normalized spacial score (nSPS) is 52.3. The van der Waals surface area contributed by atoms with E-state index in [-0.39, 0.29) is 61.3 Å². The number of ether oxygens (including phenoxy) is 8. The number of aliphatic hydroxyl groups is 2. The number of aliphatic hydroxyl groups excluding tert-OH is 1. The zero-order valence-corrected chi connectivity index (χ0v) is 35.7. The van der Waals surface area contributed by atoms with E-state index in [1.54, 1.807) is 0 Å². The Balaban J connectivity index is 0.832. The lowest BCUT2D eigenvalue weighted by Gasteiger charge is -2.52. The van der Waals surface area contributed by atoms with Gasteiger partial charge in [0.05, 0.1) is 42.7 Å². The maximum absolute atomic E-state index is 12.1. The number of hydrogen-bond donors (Lipinski definition) is 4. The van der Waals surface area contributed by atoms with Crippen LogP contribution in [0.25, 0.3) is 0 Å². The number of fused-ring (bicyclic) bond motifs is 5. The Labute approximate surface area is 349 Å². The summed E-state index contributed by atoms with van der Waals surface area (Å²) in [5, 5.41) is 36.8. The molecule has 13 nitrogen and oxygen atoms in total. The lowest BCUT2D eigenvalue weighted by atomic mass is 9.79. The first-order valence-electron chi connectivity index (χ1n) is 22.8. The summed E-state index contributed by atoms with van der Waals surface area (Å²) in [5.74, 6) is -3.94. The smallest absolute Gasteiger partial charge is 0.303 e. The summed E-state index contributed by atoms with van der Waals surface area (Å²) in [6.07, 6.45) is 12.6. The molecule has 0 aliphatic carbocycles. The molecule has 9 aliphatic rings. The maximum Gasteiger partial charge on any atom is 0.303 e. The van der Waals surface area contributed by atoms with Crippen molar-refractivity contribution < 1.29 is 58.0 Å². The summed E-state index contributed by atoms with van der Waals surface area (Å²) < 4.78 is 53.9. The first-order valence-corrected chi connectivity index (χ1v) is 22.8. The molecule has 9 aliphatic heterocycles. The molecule has 3 spiro atoms. The average molecular weight is 828 g/mol. The van der Waals surface area contributed by atoms with Gasteiger partial charge in [-0.05, 0) is 73.8 Å². The summed E-state index contributed by atoms with van der Waals surface area (Å²) in [6.45, 7) is 16.5. The number of rotatable bonds is 9. The highest BCUT2D eigenvalue weighted by atomic mass is 16.8. The van der Waals surface area contributed by atoms with Crippen LogP contribution in [0.15, 0.2) is 36.5 Å². The van der Waals surface area contributed by atoms with Crippen molar-refractivity contribution in [3.63, 3.8) is 0 Å². The van der Waals surface area contributed by atoms with E-state index in [4.69, 9.17) is 43.0 Å². The van der Waals surface area contributed by atoms with Crippen molar-refractivity contribution in [2.45, 2.75) is 208 Å². The van der Waals surface area contributed by atoms with Gasteiger partial charge in [0.25, 0.3) is 0 Å². The van der Waals surface area contributed by atoms with Crippen molar-refractivity contribution >= 4 is 5.97 Å². The minimum atomic E-state index is -1.84. The summed E-state index contributed by atoms with van der Waals surface area (Å²) in [7, 11) is 0. The minimum absolute atomic E-state index is 0.0154. The van der Waals surface area contributed by atoms with Gasteiger partial charge in [-0.15, -0.1) is 0 Å². The molecular weight excluding hydrogens is 759 g/mol. The van der Waals surface area contributed by atoms with Crippen LogP contribution in [-0.4, -0.2) is 112 Å². The van der Waals surface area contributed by atoms with E-state index in [0.717, 1.165) is 37.8 Å². The lowest BCUT2D eigenvalue weighted by molar-refractivity contribution is -0.366. The van der Waals surface area contributed by atoms with Crippen molar-refractivity contribution in [3.8, 4) is 0 Å². The van der Waals surface area contributed by atoms with Gasteiger partial charge in [0.1, 0.15) is 17.9 Å². The third-order valence-corrected chi connectivity index (χ3v) is 15.5. The predicted molar refractivity (Wildman–Crippen MR) is 214 cm³/mol. The molecule has 2 bridgehead atoms. The summed E-state index contributed by atoms with van der Waals surface area (Å²) in [4.78, 5) is 10.9. The molecule has 59 heavy (non-hydrogen) atoms. The van der Waals surface area contributed by atoms with Gasteiger partial charge in [0, 0.05) is 63.8 Å². The Morgan fingerprint density at radius 2 is 1.71 bits per heavy atom. The highest BCUT2D eigenvalue weighted by Gasteiger charge is 2.63. The molecule has 0 amide bonds. The van der Waals surface area contributed by atoms with Gasteiger partial charge in [0.2, 0.25) is 0 Å². The van der Waals surface area contributed by atoms with E-state index in [2.05, 4.69) is 52.6 Å². The second-order valence-electron chi connectivity index (χ2n) is 20.4. The molecule has 0 radical (unpaired) electrons. The van der Waals surface area contributed by atoms with Crippen LogP contribution >= 0.6 is 0 Å². The highest BCUT2D eigenvalue weighted by Crippen LogP contribution is 2.55. The largest absolute Gasteiger partial charge is 0.481 e. The van der Waals surface area contributed by atoms with Crippen LogP contribution in [0.3, 0.4) is 0 Å². The SMILES string of the molecule is C=C(CC12CC(C)CC(O1)C1OC3(CC1O2)NCC(C)CC3C)C1OC(O)(C(O)C2CC3OC4(CCC5(C=CCC(C=CCCC(=O)O)O5)O4)C(C)CC3O2)CCC1C. The van der Waals surface area contributed by atoms with Crippen molar-refractivity contribution in [1.82, 2.24) is 5.32 Å². The summed E-state index contributed by atoms with van der Waals surface area (Å²) >= 11 is 0. The predicted octanol–water partition coefficient (Wildman–Crippen LogP) is 6.01. The third kappa shape index (κ3) is 7.96. The summed E-state index contributed by atoms with van der Waals surface area (Å²) in [5.41, 5.74) is 0.396. The topological polar surface area (TPSA) is 164 Å². The zero-order valence-electron chi connectivity index (χ0n) is 35.7. The van der Waals surface area contributed by atoms with Crippen LogP contribution in [0, 0.1) is 29.6 Å². The Bertz CT molecular complexity index is 1660. The Morgan fingerprint density at radius 3 is 2.51 bits per heavy atom. The number of carboxylic acid groups (broad SMARTS) is 1. The molecule has 9 rings (SSSR count). The van der Waals surface area contributed by atoms with Crippen molar-refractivity contribution in [2.24, 2.45) is 29.6 Å². The number of aliphatic carboxylic acids is 1. The van der Waals surface area contributed by atoms with Crippen LogP contribution in [0.4, 0.5) is 0 Å². The highest BCUT2D eigenvalue weighted by molar-refractivity contribution is 5.66. The second-order valence-corrected chi connectivity index (χ2v) is 20.4. The minimum Gasteiger partial charge on any atom is -0.481 e. The van der Waals surface area contributed by atoms with Crippen LogP contribution in [-0.2, 0) is 42.7 Å². The third-order valence-electron chi connectivity index (χ3n) is 15.5. The van der Waals surface area contributed by atoms with Gasteiger partial charge < -0.3 is 53.2 Å². The number of piperidine rings is 1. The molecule has 0 saturated carbocycles. The number of hydrogen-bond acceptors (Lipinski definition) is 12. The Hall–Kier alpha value is -1.75. The first kappa shape index (κ1) is 42.5. The number of carboxylic acids is 1. The van der Waals surface area contributed by atoms with Gasteiger partial charge in [-0.1, -0.05) is 59.4 Å². The first-order chi connectivity index (χ1) is 28.0. The van der Waals surface area contributed by atoms with E-state index >= 15 is 0 Å². The monoisotopic (exact) mass is 827 g/mol. The van der Waals surface area contributed by atoms with E-state index in [1.165, 1.54) is 0 Å². The summed E-state index contributed by atoms with van der Waals surface area (Å²) in [6, 6.07) is 0. The van der Waals surface area contributed by atoms with Gasteiger partial charge >= 0.3 is 5.97 Å². The van der Waals surface area contributed by atoms with Crippen molar-refractivity contribution in [3.05, 3.63) is 36.5 Å². The number of allylic oxidation sites excluding steroid dienone is 1. The van der Waals surface area contributed by atoms with Gasteiger partial charge in [-0.2, -0.15) is 0 Å². The molecule has 0 aromatic heterocycles. The molecule has 19 atom stereocenters. The fraction of sp³-hybridized carbons (Fsp3) is 0.848. The van der Waals surface area contributed by atoms with E-state index in [0.29, 0.717) is 69.1 Å². The molecule has 13 heteroatoms. The van der Waals surface area contributed by atoms with Crippen molar-refractivity contribution in [1.29, 1.82) is 0 Å². The fourth-order valence-electron chi connectivity index (χ4n) is 12.4. The van der Waals surface area contributed by atoms with Crippen LogP contribution in [0.1, 0.15) is 125 Å². The van der Waals surface area contributed by atoms with Gasteiger partial charge in [-0.3, -0.25) is 10.1 Å². The number of nitrogens with one attached hydrogen (secondary N) is 1.